The third-order valence-corrected chi connectivity index (χ3v) is 1.79. The zero-order valence-corrected chi connectivity index (χ0v) is 8.57. The molecule has 5 nitrogen and oxygen atoms in total. The van der Waals surface area contributed by atoms with Crippen LogP contribution < -0.4 is 0 Å². The summed E-state index contributed by atoms with van der Waals surface area (Å²) in [7, 11) is 0. The van der Waals surface area contributed by atoms with Crippen molar-refractivity contribution in [3.05, 3.63) is 23.2 Å². The van der Waals surface area contributed by atoms with E-state index < -0.39 is 11.9 Å². The molecule has 0 spiro atoms. The highest BCUT2D eigenvalue weighted by atomic mass is 16.5. The number of hydrogen-bond donors (Lipinski definition) is 1. The Morgan fingerprint density at radius 1 is 1.53 bits per heavy atom. The summed E-state index contributed by atoms with van der Waals surface area (Å²) in [6.45, 7) is 3.57. The molecule has 0 radical (unpaired) electrons. The van der Waals surface area contributed by atoms with Gasteiger partial charge in [0.05, 0.1) is 6.61 Å². The number of carboxylic acids is 1. The summed E-state index contributed by atoms with van der Waals surface area (Å²) < 4.78 is 9.89. The lowest BCUT2D eigenvalue weighted by Crippen LogP contribution is -2.04. The van der Waals surface area contributed by atoms with Gasteiger partial charge in [0.1, 0.15) is 23.5 Å². The number of carbonyl (C=O) groups excluding carboxylic acids is 1. The van der Waals surface area contributed by atoms with Crippen LogP contribution in [0.3, 0.4) is 0 Å². The number of furan rings is 1. The number of rotatable bonds is 4. The average molecular weight is 212 g/mol. The highest BCUT2D eigenvalue weighted by Crippen LogP contribution is 2.16. The molecule has 1 aromatic heterocycles. The summed E-state index contributed by atoms with van der Waals surface area (Å²) >= 11 is 0. The van der Waals surface area contributed by atoms with E-state index in [0.717, 1.165) is 0 Å². The molecule has 0 bridgehead atoms. The Labute approximate surface area is 86.6 Å². The van der Waals surface area contributed by atoms with E-state index in [1.54, 1.807) is 13.8 Å². The van der Waals surface area contributed by atoms with Crippen LogP contribution >= 0.6 is 0 Å². The van der Waals surface area contributed by atoms with Crippen molar-refractivity contribution < 1.29 is 23.8 Å². The molecule has 1 N–H and O–H groups in total. The van der Waals surface area contributed by atoms with Gasteiger partial charge in [-0.15, -0.1) is 0 Å². The largest absolute Gasteiger partial charge is 0.481 e. The highest BCUT2D eigenvalue weighted by molar-refractivity contribution is 5.90. The number of ether oxygens (including phenoxy) is 1. The van der Waals surface area contributed by atoms with Gasteiger partial charge in [-0.3, -0.25) is 4.79 Å². The minimum Gasteiger partial charge on any atom is -0.481 e. The molecule has 1 heterocycles. The molecule has 0 fully saturated rings. The zero-order chi connectivity index (χ0) is 11.4. The smallest absolute Gasteiger partial charge is 0.341 e. The maximum Gasteiger partial charge on any atom is 0.341 e. The molecule has 0 aliphatic carbocycles. The van der Waals surface area contributed by atoms with Crippen LogP contribution in [0.5, 0.6) is 0 Å². The Balaban J connectivity index is 2.86. The number of carboxylic acid groups (broad SMARTS) is 1. The van der Waals surface area contributed by atoms with Gasteiger partial charge in [-0.05, 0) is 19.9 Å². The van der Waals surface area contributed by atoms with Crippen LogP contribution in [0.2, 0.25) is 0 Å². The van der Waals surface area contributed by atoms with Gasteiger partial charge in [-0.1, -0.05) is 0 Å². The fraction of sp³-hybridized carbons (Fsp3) is 0.400. The van der Waals surface area contributed by atoms with Gasteiger partial charge in [-0.2, -0.15) is 0 Å². The molecule has 0 aliphatic rings. The molecule has 82 valence electrons. The normalized spacial score (nSPS) is 10.0. The quantitative estimate of drug-likeness (QED) is 0.763. The van der Waals surface area contributed by atoms with Crippen LogP contribution in [0, 0.1) is 6.92 Å². The van der Waals surface area contributed by atoms with E-state index in [9.17, 15) is 9.59 Å². The number of aliphatic carboxylic acids is 1. The van der Waals surface area contributed by atoms with Crippen molar-refractivity contribution in [2.75, 3.05) is 6.61 Å². The predicted molar refractivity (Wildman–Crippen MR) is 50.7 cm³/mol. The van der Waals surface area contributed by atoms with Crippen molar-refractivity contribution in [2.24, 2.45) is 0 Å². The minimum absolute atomic E-state index is 0.236. The Hall–Kier alpha value is -1.78. The van der Waals surface area contributed by atoms with Gasteiger partial charge in [0.2, 0.25) is 0 Å². The third-order valence-electron chi connectivity index (χ3n) is 1.79. The van der Waals surface area contributed by atoms with Gasteiger partial charge in [0, 0.05) is 0 Å². The second kappa shape index (κ2) is 4.63. The first-order valence-electron chi connectivity index (χ1n) is 4.52. The monoisotopic (exact) mass is 212 g/mol. The number of carbonyl (C=O) groups is 2. The lowest BCUT2D eigenvalue weighted by atomic mass is 10.2. The molecule has 5 heteroatoms. The molecular formula is C10H12O5. The lowest BCUT2D eigenvalue weighted by Gasteiger charge is -1.97. The highest BCUT2D eigenvalue weighted by Gasteiger charge is 2.16. The molecule has 0 unspecified atom stereocenters. The molecule has 0 amide bonds. The van der Waals surface area contributed by atoms with Crippen molar-refractivity contribution >= 4 is 11.9 Å². The fourth-order valence-electron chi connectivity index (χ4n) is 1.19. The molecule has 0 atom stereocenters. The Morgan fingerprint density at radius 2 is 2.20 bits per heavy atom. The maximum atomic E-state index is 11.3. The van der Waals surface area contributed by atoms with E-state index in [4.69, 9.17) is 14.3 Å². The molecule has 15 heavy (non-hydrogen) atoms. The van der Waals surface area contributed by atoms with Crippen molar-refractivity contribution in [1.82, 2.24) is 0 Å². The van der Waals surface area contributed by atoms with Gasteiger partial charge in [-0.25, -0.2) is 4.79 Å². The van der Waals surface area contributed by atoms with Crippen molar-refractivity contribution in [2.45, 2.75) is 20.3 Å². The van der Waals surface area contributed by atoms with Crippen LogP contribution in [0.25, 0.3) is 0 Å². The van der Waals surface area contributed by atoms with Gasteiger partial charge in [0.15, 0.2) is 0 Å². The number of esters is 1. The second-order valence-corrected chi connectivity index (χ2v) is 2.97. The van der Waals surface area contributed by atoms with Gasteiger partial charge >= 0.3 is 11.9 Å². The molecule has 0 saturated heterocycles. The summed E-state index contributed by atoms with van der Waals surface area (Å²) in [5.74, 6) is -0.859. The molecular weight excluding hydrogens is 200 g/mol. The first kappa shape index (κ1) is 11.3. The van der Waals surface area contributed by atoms with E-state index in [1.807, 2.05) is 0 Å². The Kier molecular flexibility index (Phi) is 3.49. The summed E-state index contributed by atoms with van der Waals surface area (Å²) in [5.41, 5.74) is 0.285. The van der Waals surface area contributed by atoms with Crippen LogP contribution in [-0.4, -0.2) is 23.7 Å². The van der Waals surface area contributed by atoms with E-state index in [1.165, 1.54) is 6.07 Å². The van der Waals surface area contributed by atoms with E-state index in [-0.39, 0.29) is 24.4 Å². The third kappa shape index (κ3) is 2.83. The predicted octanol–water partition coefficient (Wildman–Crippen LogP) is 1.39. The zero-order valence-electron chi connectivity index (χ0n) is 8.57. The second-order valence-electron chi connectivity index (χ2n) is 2.97. The van der Waals surface area contributed by atoms with Crippen LogP contribution in [0.4, 0.5) is 0 Å². The standard InChI is InChI=1S/C10H12O5/c1-3-14-10(13)8-4-7(5-9(11)12)15-6(8)2/h4H,3,5H2,1-2H3,(H,11,12). The molecule has 0 saturated carbocycles. The van der Waals surface area contributed by atoms with E-state index >= 15 is 0 Å². The first-order chi connectivity index (χ1) is 7.04. The molecule has 0 aliphatic heterocycles. The van der Waals surface area contributed by atoms with Crippen LogP contribution in [0.15, 0.2) is 10.5 Å². The summed E-state index contributed by atoms with van der Waals surface area (Å²) in [5, 5.41) is 8.53. The molecule has 1 aromatic rings. The van der Waals surface area contributed by atoms with Crippen molar-refractivity contribution in [3.8, 4) is 0 Å². The van der Waals surface area contributed by atoms with Gasteiger partial charge in [0.25, 0.3) is 0 Å². The van der Waals surface area contributed by atoms with Gasteiger partial charge < -0.3 is 14.3 Å². The number of aryl methyl sites for hydroxylation is 1. The van der Waals surface area contributed by atoms with Crippen molar-refractivity contribution in [1.29, 1.82) is 0 Å². The van der Waals surface area contributed by atoms with E-state index in [2.05, 4.69) is 0 Å². The first-order valence-corrected chi connectivity index (χ1v) is 4.52. The summed E-state index contributed by atoms with van der Waals surface area (Å²) in [6.07, 6.45) is -0.236. The fourth-order valence-corrected chi connectivity index (χ4v) is 1.19. The summed E-state index contributed by atoms with van der Waals surface area (Å²) in [4.78, 5) is 21.7. The summed E-state index contributed by atoms with van der Waals surface area (Å²) in [6, 6.07) is 1.40. The Morgan fingerprint density at radius 3 is 2.73 bits per heavy atom. The van der Waals surface area contributed by atoms with Crippen LogP contribution in [-0.2, 0) is 16.0 Å². The lowest BCUT2D eigenvalue weighted by molar-refractivity contribution is -0.136. The average Bonchev–Trinajstić information content (AvgIpc) is 2.46. The van der Waals surface area contributed by atoms with E-state index in [0.29, 0.717) is 5.76 Å². The molecule has 0 aromatic carbocycles. The topological polar surface area (TPSA) is 76.7 Å². The van der Waals surface area contributed by atoms with Crippen molar-refractivity contribution in [3.63, 3.8) is 0 Å². The van der Waals surface area contributed by atoms with Crippen LogP contribution in [0.1, 0.15) is 28.8 Å². The maximum absolute atomic E-state index is 11.3. The molecule has 1 rings (SSSR count). The minimum atomic E-state index is -1.00. The SMILES string of the molecule is CCOC(=O)c1cc(CC(=O)O)oc1C. The number of hydrogen-bond acceptors (Lipinski definition) is 4. The Bertz CT molecular complexity index is 377.